The summed E-state index contributed by atoms with van der Waals surface area (Å²) >= 11 is 9.50. The van der Waals surface area contributed by atoms with Gasteiger partial charge in [0, 0.05) is 16.2 Å². The van der Waals surface area contributed by atoms with E-state index in [4.69, 9.17) is 17.3 Å². The molecule has 2 nitrogen and oxygen atoms in total. The van der Waals surface area contributed by atoms with Gasteiger partial charge in [-0.1, -0.05) is 11.6 Å². The fourth-order valence-corrected chi connectivity index (χ4v) is 4.58. The van der Waals surface area contributed by atoms with Crippen LogP contribution in [0.2, 0.25) is 5.02 Å². The number of hydrogen-bond donors (Lipinski definition) is 1. The summed E-state index contributed by atoms with van der Waals surface area (Å²) in [5, 5.41) is 0.433. The van der Waals surface area contributed by atoms with E-state index >= 15 is 0 Å². The second-order valence-electron chi connectivity index (χ2n) is 4.43. The molecule has 2 N–H and O–H groups in total. The Hall–Kier alpha value is -0.970. The van der Waals surface area contributed by atoms with Gasteiger partial charge < -0.3 is 5.73 Å². The maximum absolute atomic E-state index is 12.4. The fraction of sp³-hybridized carbons (Fsp3) is 0.214. The highest BCUT2D eigenvalue weighted by Gasteiger charge is 2.18. The van der Waals surface area contributed by atoms with Crippen molar-refractivity contribution in [2.75, 3.05) is 11.5 Å². The highest BCUT2D eigenvalue weighted by Crippen LogP contribution is 2.33. The molecule has 0 spiro atoms. The Bertz CT molecular complexity index is 627. The first-order chi connectivity index (χ1) is 9.15. The zero-order valence-electron chi connectivity index (χ0n) is 10.1. The number of fused-ring (bicyclic) bond motifs is 1. The lowest BCUT2D eigenvalue weighted by molar-refractivity contribution is 0.104. The molecule has 3 rings (SSSR count). The van der Waals surface area contributed by atoms with Gasteiger partial charge in [-0.2, -0.15) is 11.8 Å². The second-order valence-corrected chi connectivity index (χ2v) is 7.08. The molecule has 0 saturated carbocycles. The Morgan fingerprint density at radius 1 is 1.32 bits per heavy atom. The zero-order valence-corrected chi connectivity index (χ0v) is 12.5. The summed E-state index contributed by atoms with van der Waals surface area (Å²) in [6.07, 6.45) is 1.07. The molecule has 0 bridgehead atoms. The van der Waals surface area contributed by atoms with Gasteiger partial charge in [0.25, 0.3) is 0 Å². The summed E-state index contributed by atoms with van der Waals surface area (Å²) in [6.45, 7) is 0. The number of hydrogen-bond acceptors (Lipinski definition) is 4. The Balaban J connectivity index is 1.95. The van der Waals surface area contributed by atoms with E-state index in [0.717, 1.165) is 22.8 Å². The van der Waals surface area contributed by atoms with Crippen molar-refractivity contribution in [1.82, 2.24) is 0 Å². The number of carbonyl (C=O) groups excluding carboxylic acids is 1. The van der Waals surface area contributed by atoms with Crippen LogP contribution >= 0.6 is 34.7 Å². The van der Waals surface area contributed by atoms with Crippen LogP contribution in [-0.2, 0) is 12.2 Å². The first-order valence-corrected chi connectivity index (χ1v) is 8.29. The third kappa shape index (κ3) is 2.53. The Labute approximate surface area is 125 Å². The number of anilines is 1. The van der Waals surface area contributed by atoms with E-state index in [1.54, 1.807) is 29.5 Å². The molecule has 5 heteroatoms. The molecule has 1 aliphatic heterocycles. The molecule has 0 unspecified atom stereocenters. The van der Waals surface area contributed by atoms with Crippen LogP contribution in [0.3, 0.4) is 0 Å². The van der Waals surface area contributed by atoms with Gasteiger partial charge in [0.05, 0.1) is 15.6 Å². The number of benzene rings is 1. The molecule has 0 saturated heterocycles. The quantitative estimate of drug-likeness (QED) is 0.673. The highest BCUT2D eigenvalue weighted by molar-refractivity contribution is 7.98. The fourth-order valence-electron chi connectivity index (χ4n) is 2.07. The van der Waals surface area contributed by atoms with Crippen LogP contribution in [0.25, 0.3) is 0 Å². The summed E-state index contributed by atoms with van der Waals surface area (Å²) in [5.41, 5.74) is 8.08. The minimum Gasteiger partial charge on any atom is -0.398 e. The Kier molecular flexibility index (Phi) is 3.56. The van der Waals surface area contributed by atoms with Crippen LogP contribution in [0, 0.1) is 0 Å². The van der Waals surface area contributed by atoms with Crippen molar-refractivity contribution in [2.45, 2.75) is 12.2 Å². The molecule has 0 aliphatic carbocycles. The average Bonchev–Trinajstić information content (AvgIpc) is 2.85. The molecular formula is C14H12ClNOS2. The van der Waals surface area contributed by atoms with Crippen molar-refractivity contribution in [3.63, 3.8) is 0 Å². The van der Waals surface area contributed by atoms with Crippen LogP contribution in [0.4, 0.5) is 5.69 Å². The molecule has 0 atom stereocenters. The van der Waals surface area contributed by atoms with E-state index in [-0.39, 0.29) is 5.78 Å². The summed E-state index contributed by atoms with van der Waals surface area (Å²) < 4.78 is 0. The van der Waals surface area contributed by atoms with E-state index in [2.05, 4.69) is 0 Å². The van der Waals surface area contributed by atoms with E-state index in [9.17, 15) is 4.79 Å². The number of nitrogens with two attached hydrogens (primary N) is 1. The van der Waals surface area contributed by atoms with E-state index in [0.29, 0.717) is 16.3 Å². The molecule has 0 amide bonds. The SMILES string of the molecule is Nc1ccc(C(=O)c2cc3c(s2)CCSC3)cc1Cl. The van der Waals surface area contributed by atoms with Gasteiger partial charge in [0.1, 0.15) is 0 Å². The molecule has 98 valence electrons. The van der Waals surface area contributed by atoms with Gasteiger partial charge in [-0.15, -0.1) is 11.3 Å². The minimum atomic E-state index is 0.0336. The lowest BCUT2D eigenvalue weighted by atomic mass is 10.1. The predicted molar refractivity (Wildman–Crippen MR) is 83.5 cm³/mol. The zero-order chi connectivity index (χ0) is 13.4. The smallest absolute Gasteiger partial charge is 0.203 e. The van der Waals surface area contributed by atoms with Crippen molar-refractivity contribution in [2.24, 2.45) is 0 Å². The van der Waals surface area contributed by atoms with E-state index in [1.165, 1.54) is 10.4 Å². The largest absolute Gasteiger partial charge is 0.398 e. The highest BCUT2D eigenvalue weighted by atomic mass is 35.5. The Morgan fingerprint density at radius 3 is 2.89 bits per heavy atom. The average molecular weight is 310 g/mol. The first-order valence-electron chi connectivity index (χ1n) is 5.94. The maximum atomic E-state index is 12.4. The summed E-state index contributed by atoms with van der Waals surface area (Å²) in [5.74, 6) is 2.20. The van der Waals surface area contributed by atoms with Crippen LogP contribution in [-0.4, -0.2) is 11.5 Å². The number of nitrogen functional groups attached to an aromatic ring is 1. The van der Waals surface area contributed by atoms with Gasteiger partial charge in [0.15, 0.2) is 0 Å². The van der Waals surface area contributed by atoms with Gasteiger partial charge in [-0.05, 0) is 42.0 Å². The number of ketones is 1. The normalized spacial score (nSPS) is 14.2. The molecular weight excluding hydrogens is 298 g/mol. The van der Waals surface area contributed by atoms with Gasteiger partial charge in [-0.25, -0.2) is 0 Å². The van der Waals surface area contributed by atoms with Crippen molar-refractivity contribution in [3.05, 3.63) is 50.2 Å². The molecule has 1 aromatic carbocycles. The third-order valence-corrected chi connectivity index (χ3v) is 5.69. The van der Waals surface area contributed by atoms with Crippen molar-refractivity contribution in [1.29, 1.82) is 0 Å². The Morgan fingerprint density at radius 2 is 2.16 bits per heavy atom. The number of rotatable bonds is 2. The van der Waals surface area contributed by atoms with Gasteiger partial charge in [-0.3, -0.25) is 4.79 Å². The molecule has 0 radical (unpaired) electrons. The number of thioether (sulfide) groups is 1. The van der Waals surface area contributed by atoms with E-state index < -0.39 is 0 Å². The summed E-state index contributed by atoms with van der Waals surface area (Å²) in [6, 6.07) is 7.08. The molecule has 0 fully saturated rings. The van der Waals surface area contributed by atoms with Gasteiger partial charge >= 0.3 is 0 Å². The van der Waals surface area contributed by atoms with Crippen molar-refractivity contribution >= 4 is 46.2 Å². The monoisotopic (exact) mass is 309 g/mol. The van der Waals surface area contributed by atoms with E-state index in [1.807, 2.05) is 17.8 Å². The lowest BCUT2D eigenvalue weighted by Gasteiger charge is -2.08. The first kappa shape index (κ1) is 13.0. The number of carbonyl (C=O) groups is 1. The minimum absolute atomic E-state index is 0.0336. The molecule has 1 aromatic heterocycles. The summed E-state index contributed by atoms with van der Waals surface area (Å²) in [7, 11) is 0. The van der Waals surface area contributed by atoms with Crippen LogP contribution in [0.15, 0.2) is 24.3 Å². The third-order valence-electron chi connectivity index (χ3n) is 3.11. The predicted octanol–water partition coefficient (Wildman–Crippen LogP) is 4.00. The molecule has 2 heterocycles. The number of halogens is 1. The standard InChI is InChI=1S/C14H12ClNOS2/c15-10-5-8(1-2-11(10)16)14(17)13-6-9-7-18-4-3-12(9)19-13/h1-2,5-6H,3-4,7,16H2. The number of thiophene rings is 1. The summed E-state index contributed by atoms with van der Waals surface area (Å²) in [4.78, 5) is 14.6. The lowest BCUT2D eigenvalue weighted by Crippen LogP contribution is -1.99. The van der Waals surface area contributed by atoms with Crippen LogP contribution < -0.4 is 5.73 Å². The molecule has 1 aliphatic rings. The van der Waals surface area contributed by atoms with Crippen molar-refractivity contribution in [3.8, 4) is 0 Å². The second kappa shape index (κ2) is 5.19. The van der Waals surface area contributed by atoms with Crippen LogP contribution in [0.1, 0.15) is 25.7 Å². The van der Waals surface area contributed by atoms with Crippen molar-refractivity contribution < 1.29 is 4.79 Å². The topological polar surface area (TPSA) is 43.1 Å². The van der Waals surface area contributed by atoms with Crippen LogP contribution in [0.5, 0.6) is 0 Å². The molecule has 2 aromatic rings. The maximum Gasteiger partial charge on any atom is 0.203 e. The molecule has 19 heavy (non-hydrogen) atoms. The number of aryl methyl sites for hydroxylation is 1. The van der Waals surface area contributed by atoms with Gasteiger partial charge in [0.2, 0.25) is 5.78 Å².